The number of hydrogen-bond acceptors (Lipinski definition) is 1. The quantitative estimate of drug-likeness (QED) is 0.765. The lowest BCUT2D eigenvalue weighted by Gasteiger charge is -2.41. The summed E-state index contributed by atoms with van der Waals surface area (Å²) in [5.74, 6) is 2.96. The smallest absolute Gasteiger partial charge is 0.00724 e. The summed E-state index contributed by atoms with van der Waals surface area (Å²) in [6.07, 6.45) is 11.7. The normalized spacial score (nSPS) is 37.2. The van der Waals surface area contributed by atoms with Crippen LogP contribution in [0.1, 0.15) is 72.1 Å². The Morgan fingerprint density at radius 1 is 1.00 bits per heavy atom. The summed E-state index contributed by atoms with van der Waals surface area (Å²) in [4.78, 5) is 0. The van der Waals surface area contributed by atoms with Gasteiger partial charge in [-0.25, -0.2) is 0 Å². The number of fused-ring (bicyclic) bond motifs is 1. The van der Waals surface area contributed by atoms with Gasteiger partial charge in [0.25, 0.3) is 0 Å². The van der Waals surface area contributed by atoms with E-state index < -0.39 is 0 Å². The highest BCUT2D eigenvalue weighted by Crippen LogP contribution is 2.40. The number of rotatable bonds is 4. The van der Waals surface area contributed by atoms with Crippen molar-refractivity contribution in [2.45, 2.75) is 84.2 Å². The molecule has 0 aliphatic heterocycles. The molecule has 0 spiro atoms. The van der Waals surface area contributed by atoms with Gasteiger partial charge in [-0.1, -0.05) is 46.0 Å². The predicted octanol–water partition coefficient (Wildman–Crippen LogP) is 4.37. The molecule has 0 bridgehead atoms. The summed E-state index contributed by atoms with van der Waals surface area (Å²) in [5, 5.41) is 3.90. The Labute approximate surface area is 108 Å². The van der Waals surface area contributed by atoms with Crippen molar-refractivity contribution >= 4 is 0 Å². The van der Waals surface area contributed by atoms with Crippen LogP contribution >= 0.6 is 0 Å². The van der Waals surface area contributed by atoms with E-state index in [1.807, 2.05) is 0 Å². The van der Waals surface area contributed by atoms with E-state index in [1.165, 1.54) is 51.4 Å². The van der Waals surface area contributed by atoms with Crippen molar-refractivity contribution in [3.63, 3.8) is 0 Å². The summed E-state index contributed by atoms with van der Waals surface area (Å²) in [7, 11) is 0. The third kappa shape index (κ3) is 3.47. The molecular weight excluding hydrogens is 206 g/mol. The summed E-state index contributed by atoms with van der Waals surface area (Å²) in [6, 6.07) is 1.52. The Morgan fingerprint density at radius 2 is 1.71 bits per heavy atom. The highest BCUT2D eigenvalue weighted by molar-refractivity contribution is 4.87. The molecule has 0 saturated heterocycles. The van der Waals surface area contributed by atoms with Crippen LogP contribution in [0.15, 0.2) is 0 Å². The van der Waals surface area contributed by atoms with Crippen LogP contribution in [0.25, 0.3) is 0 Å². The largest absolute Gasteiger partial charge is 0.311 e. The van der Waals surface area contributed by atoms with Gasteiger partial charge in [0.2, 0.25) is 0 Å². The maximum Gasteiger partial charge on any atom is 0.00724 e. The molecule has 2 aliphatic rings. The monoisotopic (exact) mass is 237 g/mol. The molecule has 0 aromatic rings. The molecule has 2 rings (SSSR count). The van der Waals surface area contributed by atoms with Gasteiger partial charge in [0, 0.05) is 12.1 Å². The van der Waals surface area contributed by atoms with Crippen molar-refractivity contribution in [2.75, 3.05) is 0 Å². The first-order valence-corrected chi connectivity index (χ1v) is 7.96. The SMILES string of the molecule is CCC(C)C(C)NC1CCC2CCCCC2C1. The summed E-state index contributed by atoms with van der Waals surface area (Å²) < 4.78 is 0. The first-order valence-electron chi connectivity index (χ1n) is 7.96. The van der Waals surface area contributed by atoms with Gasteiger partial charge in [-0.2, -0.15) is 0 Å². The van der Waals surface area contributed by atoms with Gasteiger partial charge >= 0.3 is 0 Å². The van der Waals surface area contributed by atoms with E-state index in [9.17, 15) is 0 Å². The van der Waals surface area contributed by atoms with Gasteiger partial charge in [0.15, 0.2) is 0 Å². The van der Waals surface area contributed by atoms with E-state index in [1.54, 1.807) is 0 Å². The van der Waals surface area contributed by atoms with Crippen molar-refractivity contribution in [3.05, 3.63) is 0 Å². The Morgan fingerprint density at radius 3 is 2.41 bits per heavy atom. The van der Waals surface area contributed by atoms with Gasteiger partial charge in [-0.15, -0.1) is 0 Å². The van der Waals surface area contributed by atoms with Crippen molar-refractivity contribution in [1.29, 1.82) is 0 Å². The minimum Gasteiger partial charge on any atom is -0.311 e. The molecule has 5 atom stereocenters. The van der Waals surface area contributed by atoms with Crippen LogP contribution in [0, 0.1) is 17.8 Å². The first-order chi connectivity index (χ1) is 8.20. The lowest BCUT2D eigenvalue weighted by atomic mass is 9.69. The van der Waals surface area contributed by atoms with Crippen molar-refractivity contribution < 1.29 is 0 Å². The summed E-state index contributed by atoms with van der Waals surface area (Å²) >= 11 is 0. The Hall–Kier alpha value is -0.0400. The van der Waals surface area contributed by atoms with Crippen LogP contribution in [0.3, 0.4) is 0 Å². The lowest BCUT2D eigenvalue weighted by molar-refractivity contribution is 0.135. The fraction of sp³-hybridized carbons (Fsp3) is 1.00. The van der Waals surface area contributed by atoms with Crippen LogP contribution in [0.2, 0.25) is 0 Å². The van der Waals surface area contributed by atoms with Crippen LogP contribution in [0.4, 0.5) is 0 Å². The Kier molecular flexibility index (Phi) is 4.90. The zero-order valence-electron chi connectivity index (χ0n) is 12.0. The van der Waals surface area contributed by atoms with Crippen LogP contribution in [-0.4, -0.2) is 12.1 Å². The van der Waals surface area contributed by atoms with Gasteiger partial charge in [-0.05, 0) is 43.9 Å². The molecule has 5 unspecified atom stereocenters. The molecule has 0 aromatic carbocycles. The second kappa shape index (κ2) is 6.22. The summed E-state index contributed by atoms with van der Waals surface area (Å²) in [6.45, 7) is 7.06. The van der Waals surface area contributed by atoms with Gasteiger partial charge < -0.3 is 5.32 Å². The zero-order chi connectivity index (χ0) is 12.3. The fourth-order valence-corrected chi connectivity index (χ4v) is 3.91. The lowest BCUT2D eigenvalue weighted by Crippen LogP contribution is -2.44. The maximum atomic E-state index is 3.90. The predicted molar refractivity (Wildman–Crippen MR) is 75.1 cm³/mol. The second-order valence-corrected chi connectivity index (χ2v) is 6.66. The standard InChI is InChI=1S/C16H31N/c1-4-12(2)13(3)17-16-10-9-14-7-5-6-8-15(14)11-16/h12-17H,4-11H2,1-3H3. The molecule has 2 saturated carbocycles. The van der Waals surface area contributed by atoms with E-state index in [2.05, 4.69) is 26.1 Å². The number of hydrogen-bond donors (Lipinski definition) is 1. The second-order valence-electron chi connectivity index (χ2n) is 6.66. The van der Waals surface area contributed by atoms with E-state index in [0.29, 0.717) is 6.04 Å². The molecule has 0 radical (unpaired) electrons. The van der Waals surface area contributed by atoms with Crippen molar-refractivity contribution in [3.8, 4) is 0 Å². The molecule has 2 fully saturated rings. The highest BCUT2D eigenvalue weighted by atomic mass is 15.0. The minimum absolute atomic E-state index is 0.699. The third-order valence-corrected chi connectivity index (χ3v) is 5.54. The molecule has 100 valence electrons. The molecule has 1 nitrogen and oxygen atoms in total. The zero-order valence-corrected chi connectivity index (χ0v) is 12.0. The maximum absolute atomic E-state index is 3.90. The van der Waals surface area contributed by atoms with Crippen molar-refractivity contribution in [2.24, 2.45) is 17.8 Å². The molecule has 1 heteroatoms. The summed E-state index contributed by atoms with van der Waals surface area (Å²) in [5.41, 5.74) is 0. The molecule has 0 aromatic heterocycles. The van der Waals surface area contributed by atoms with Crippen LogP contribution < -0.4 is 5.32 Å². The van der Waals surface area contributed by atoms with E-state index >= 15 is 0 Å². The third-order valence-electron chi connectivity index (χ3n) is 5.54. The van der Waals surface area contributed by atoms with Gasteiger partial charge in [-0.3, -0.25) is 0 Å². The van der Waals surface area contributed by atoms with Crippen molar-refractivity contribution in [1.82, 2.24) is 5.32 Å². The number of nitrogens with one attached hydrogen (secondary N) is 1. The van der Waals surface area contributed by atoms with Gasteiger partial charge in [0.05, 0.1) is 0 Å². The molecule has 0 amide bonds. The Bertz CT molecular complexity index is 224. The van der Waals surface area contributed by atoms with E-state index in [-0.39, 0.29) is 0 Å². The molecule has 2 aliphatic carbocycles. The average molecular weight is 237 g/mol. The highest BCUT2D eigenvalue weighted by Gasteiger charge is 2.32. The molecule has 17 heavy (non-hydrogen) atoms. The first kappa shape index (κ1) is 13.4. The van der Waals surface area contributed by atoms with E-state index in [4.69, 9.17) is 0 Å². The minimum atomic E-state index is 0.699. The van der Waals surface area contributed by atoms with Gasteiger partial charge in [0.1, 0.15) is 0 Å². The van der Waals surface area contributed by atoms with Crippen LogP contribution in [-0.2, 0) is 0 Å². The molecular formula is C16H31N. The Balaban J connectivity index is 1.79. The topological polar surface area (TPSA) is 12.0 Å². The molecule has 1 N–H and O–H groups in total. The van der Waals surface area contributed by atoms with Crippen LogP contribution in [0.5, 0.6) is 0 Å². The molecule has 0 heterocycles. The average Bonchev–Trinajstić information content (AvgIpc) is 2.37. The fourth-order valence-electron chi connectivity index (χ4n) is 3.91. The van der Waals surface area contributed by atoms with E-state index in [0.717, 1.165) is 23.8 Å².